The Kier molecular flexibility index (Phi) is 5.68. The van der Waals surface area contributed by atoms with Crippen LogP contribution in [0.2, 0.25) is 0 Å². The maximum atomic E-state index is 5.73. The Balaban J connectivity index is 2.44. The lowest BCUT2D eigenvalue weighted by molar-refractivity contribution is 0.251. The predicted molar refractivity (Wildman–Crippen MR) is 68.0 cm³/mol. The minimum atomic E-state index is 0.612. The molecule has 1 N–H and O–H groups in total. The molecule has 90 valence electrons. The second-order valence-corrected chi connectivity index (χ2v) is 4.11. The molecule has 1 heterocycles. The summed E-state index contributed by atoms with van der Waals surface area (Å²) in [6, 6.07) is 3.85. The van der Waals surface area contributed by atoms with Gasteiger partial charge in [0.2, 0.25) is 0 Å². The monoisotopic (exact) mass is 222 g/mol. The molecule has 0 saturated carbocycles. The van der Waals surface area contributed by atoms with Gasteiger partial charge in [0.05, 0.1) is 6.61 Å². The first kappa shape index (κ1) is 12.8. The molecule has 1 aromatic rings. The Morgan fingerprint density at radius 2 is 2.25 bits per heavy atom. The fourth-order valence-corrected chi connectivity index (χ4v) is 1.59. The van der Waals surface area contributed by atoms with Gasteiger partial charge in [0, 0.05) is 18.8 Å². The molecule has 0 saturated heterocycles. The van der Waals surface area contributed by atoms with Crippen LogP contribution in [0.4, 0.5) is 5.82 Å². The standard InChI is InChI=1S/C13H22N2O/c1-4-6-11(3)10-16-12-7-8-15-13(9-12)14-5-2/h7-9,11H,4-6,10H2,1-3H3,(H,14,15). The molecule has 0 spiro atoms. The zero-order chi connectivity index (χ0) is 11.8. The van der Waals surface area contributed by atoms with Crippen molar-refractivity contribution in [2.24, 2.45) is 5.92 Å². The summed E-state index contributed by atoms with van der Waals surface area (Å²) in [6.07, 6.45) is 4.20. The summed E-state index contributed by atoms with van der Waals surface area (Å²) in [6.45, 7) is 8.13. The van der Waals surface area contributed by atoms with Gasteiger partial charge in [-0.05, 0) is 25.3 Å². The quantitative estimate of drug-likeness (QED) is 0.768. The molecule has 0 aliphatic heterocycles. The first-order valence-electron chi connectivity index (χ1n) is 6.09. The van der Waals surface area contributed by atoms with Gasteiger partial charge in [-0.2, -0.15) is 0 Å². The highest BCUT2D eigenvalue weighted by atomic mass is 16.5. The average molecular weight is 222 g/mol. The van der Waals surface area contributed by atoms with Gasteiger partial charge < -0.3 is 10.1 Å². The van der Waals surface area contributed by atoms with Crippen LogP contribution < -0.4 is 10.1 Å². The number of anilines is 1. The lowest BCUT2D eigenvalue weighted by Crippen LogP contribution is -2.08. The number of hydrogen-bond donors (Lipinski definition) is 1. The molecule has 0 aromatic carbocycles. The molecule has 0 amide bonds. The van der Waals surface area contributed by atoms with Crippen LogP contribution in [0.15, 0.2) is 18.3 Å². The highest BCUT2D eigenvalue weighted by Crippen LogP contribution is 2.16. The number of aromatic nitrogens is 1. The van der Waals surface area contributed by atoms with Crippen LogP contribution in [0.1, 0.15) is 33.6 Å². The van der Waals surface area contributed by atoms with Gasteiger partial charge >= 0.3 is 0 Å². The lowest BCUT2D eigenvalue weighted by atomic mass is 10.1. The molecule has 0 radical (unpaired) electrons. The average Bonchev–Trinajstić information content (AvgIpc) is 2.28. The third kappa shape index (κ3) is 4.51. The van der Waals surface area contributed by atoms with Crippen LogP contribution in [0.25, 0.3) is 0 Å². The fraction of sp³-hybridized carbons (Fsp3) is 0.615. The Labute approximate surface area is 98.2 Å². The molecule has 0 bridgehead atoms. The normalized spacial score (nSPS) is 12.2. The van der Waals surface area contributed by atoms with Crippen LogP contribution in [0, 0.1) is 5.92 Å². The van der Waals surface area contributed by atoms with E-state index >= 15 is 0 Å². The predicted octanol–water partition coefficient (Wildman–Crippen LogP) is 3.33. The number of nitrogens with one attached hydrogen (secondary N) is 1. The third-order valence-corrected chi connectivity index (χ3v) is 2.41. The van der Waals surface area contributed by atoms with Crippen molar-refractivity contribution in [3.05, 3.63) is 18.3 Å². The van der Waals surface area contributed by atoms with Crippen LogP contribution in [0.3, 0.4) is 0 Å². The van der Waals surface area contributed by atoms with Gasteiger partial charge in [-0.3, -0.25) is 0 Å². The van der Waals surface area contributed by atoms with Crippen molar-refractivity contribution in [2.45, 2.75) is 33.6 Å². The van der Waals surface area contributed by atoms with Gasteiger partial charge in [0.25, 0.3) is 0 Å². The molecule has 1 unspecified atom stereocenters. The van der Waals surface area contributed by atoms with Crippen molar-refractivity contribution in [3.8, 4) is 5.75 Å². The molecule has 3 nitrogen and oxygen atoms in total. The summed E-state index contributed by atoms with van der Waals surface area (Å²) >= 11 is 0. The molecule has 1 rings (SSSR count). The highest BCUT2D eigenvalue weighted by molar-refractivity contribution is 5.40. The maximum Gasteiger partial charge on any atom is 0.129 e. The molecule has 1 aromatic heterocycles. The smallest absolute Gasteiger partial charge is 0.129 e. The number of rotatable bonds is 7. The minimum absolute atomic E-state index is 0.612. The molecule has 1 atom stereocenters. The van der Waals surface area contributed by atoms with E-state index in [2.05, 4.69) is 31.1 Å². The van der Waals surface area contributed by atoms with Gasteiger partial charge in [0.1, 0.15) is 11.6 Å². The van der Waals surface area contributed by atoms with E-state index < -0.39 is 0 Å². The van der Waals surface area contributed by atoms with Crippen molar-refractivity contribution in [1.29, 1.82) is 0 Å². The van der Waals surface area contributed by atoms with E-state index in [4.69, 9.17) is 4.74 Å². The van der Waals surface area contributed by atoms with E-state index in [-0.39, 0.29) is 0 Å². The summed E-state index contributed by atoms with van der Waals surface area (Å²) in [4.78, 5) is 4.20. The summed E-state index contributed by atoms with van der Waals surface area (Å²) in [5, 5.41) is 3.17. The zero-order valence-electron chi connectivity index (χ0n) is 10.5. The van der Waals surface area contributed by atoms with Crippen LogP contribution >= 0.6 is 0 Å². The van der Waals surface area contributed by atoms with Crippen LogP contribution in [-0.4, -0.2) is 18.1 Å². The number of hydrogen-bond acceptors (Lipinski definition) is 3. The molecule has 16 heavy (non-hydrogen) atoms. The first-order chi connectivity index (χ1) is 7.76. The van der Waals surface area contributed by atoms with E-state index in [1.54, 1.807) is 6.20 Å². The Bertz CT molecular complexity index is 302. The van der Waals surface area contributed by atoms with Crippen LogP contribution in [0.5, 0.6) is 5.75 Å². The number of nitrogens with zero attached hydrogens (tertiary/aromatic N) is 1. The molecule has 0 aliphatic rings. The van der Waals surface area contributed by atoms with Crippen molar-refractivity contribution >= 4 is 5.82 Å². The van der Waals surface area contributed by atoms with Crippen molar-refractivity contribution in [2.75, 3.05) is 18.5 Å². The zero-order valence-corrected chi connectivity index (χ0v) is 10.5. The largest absolute Gasteiger partial charge is 0.493 e. The Hall–Kier alpha value is -1.25. The van der Waals surface area contributed by atoms with Gasteiger partial charge in [0.15, 0.2) is 0 Å². The molecular formula is C13H22N2O. The van der Waals surface area contributed by atoms with Crippen molar-refractivity contribution < 1.29 is 4.74 Å². The van der Waals surface area contributed by atoms with Gasteiger partial charge in [-0.1, -0.05) is 20.3 Å². The fourth-order valence-electron chi connectivity index (χ4n) is 1.59. The van der Waals surface area contributed by atoms with Crippen LogP contribution in [-0.2, 0) is 0 Å². The van der Waals surface area contributed by atoms with Gasteiger partial charge in [-0.15, -0.1) is 0 Å². The minimum Gasteiger partial charge on any atom is -0.493 e. The summed E-state index contributed by atoms with van der Waals surface area (Å²) in [5.41, 5.74) is 0. The summed E-state index contributed by atoms with van der Waals surface area (Å²) in [7, 11) is 0. The highest BCUT2D eigenvalue weighted by Gasteiger charge is 2.02. The molecule has 3 heteroatoms. The maximum absolute atomic E-state index is 5.73. The van der Waals surface area contributed by atoms with E-state index in [1.165, 1.54) is 12.8 Å². The van der Waals surface area contributed by atoms with Gasteiger partial charge in [-0.25, -0.2) is 4.98 Å². The Morgan fingerprint density at radius 3 is 2.94 bits per heavy atom. The van der Waals surface area contributed by atoms with E-state index in [0.29, 0.717) is 5.92 Å². The number of ether oxygens (including phenoxy) is 1. The molecular weight excluding hydrogens is 200 g/mol. The van der Waals surface area contributed by atoms with E-state index in [1.807, 2.05) is 12.1 Å². The second-order valence-electron chi connectivity index (χ2n) is 4.11. The molecule has 0 aliphatic carbocycles. The lowest BCUT2D eigenvalue weighted by Gasteiger charge is -2.12. The van der Waals surface area contributed by atoms with E-state index in [9.17, 15) is 0 Å². The second kappa shape index (κ2) is 7.09. The van der Waals surface area contributed by atoms with E-state index in [0.717, 1.165) is 24.7 Å². The summed E-state index contributed by atoms with van der Waals surface area (Å²) < 4.78 is 5.73. The van der Waals surface area contributed by atoms with Crippen molar-refractivity contribution in [3.63, 3.8) is 0 Å². The SMILES string of the molecule is CCCC(C)COc1ccnc(NCC)c1. The summed E-state index contributed by atoms with van der Waals surface area (Å²) in [5.74, 6) is 2.39. The first-order valence-corrected chi connectivity index (χ1v) is 6.09. The topological polar surface area (TPSA) is 34.1 Å². The number of pyridine rings is 1. The molecule has 0 fully saturated rings. The Morgan fingerprint density at radius 1 is 1.44 bits per heavy atom. The van der Waals surface area contributed by atoms with Crippen molar-refractivity contribution in [1.82, 2.24) is 4.98 Å². The third-order valence-electron chi connectivity index (χ3n) is 2.41.